The van der Waals surface area contributed by atoms with Gasteiger partial charge in [-0.1, -0.05) is 32.0 Å². The summed E-state index contributed by atoms with van der Waals surface area (Å²) in [5.41, 5.74) is 1.55. The molecule has 4 nitrogen and oxygen atoms in total. The van der Waals surface area contributed by atoms with Gasteiger partial charge in [-0.15, -0.1) is 0 Å². The molecule has 4 heteroatoms. The van der Waals surface area contributed by atoms with E-state index in [2.05, 4.69) is 0 Å². The topological polar surface area (TPSA) is 40.6 Å². The van der Waals surface area contributed by atoms with Crippen LogP contribution >= 0.6 is 0 Å². The molecule has 4 aliphatic carbocycles. The number of nitrogens with zero attached hydrogens (tertiary/aromatic N) is 2. The first kappa shape index (κ1) is 17.3. The van der Waals surface area contributed by atoms with Crippen LogP contribution in [-0.4, -0.2) is 33.4 Å². The Morgan fingerprint density at radius 3 is 2.19 bits per heavy atom. The molecule has 1 aromatic carbocycles. The van der Waals surface area contributed by atoms with Crippen molar-refractivity contribution in [3.05, 3.63) is 35.4 Å². The number of hydrogen-bond donors (Lipinski definition) is 0. The first-order chi connectivity index (χ1) is 12.9. The van der Waals surface area contributed by atoms with E-state index in [4.69, 9.17) is 0 Å². The van der Waals surface area contributed by atoms with E-state index < -0.39 is 5.54 Å². The van der Waals surface area contributed by atoms with Crippen molar-refractivity contribution in [2.24, 2.45) is 29.1 Å². The molecular weight excluding hydrogens is 336 g/mol. The van der Waals surface area contributed by atoms with Crippen LogP contribution in [-0.2, 0) is 4.79 Å². The fraction of sp³-hybridized carbons (Fsp3) is 0.652. The lowest BCUT2D eigenvalue weighted by Crippen LogP contribution is -2.92. The monoisotopic (exact) mass is 366 g/mol. The lowest BCUT2D eigenvalue weighted by Gasteiger charge is -2.90. The van der Waals surface area contributed by atoms with Crippen LogP contribution in [0.2, 0.25) is 0 Å². The minimum Gasteiger partial charge on any atom is -0.270 e. The molecule has 0 N–H and O–H groups in total. The van der Waals surface area contributed by atoms with E-state index in [9.17, 15) is 9.59 Å². The first-order valence-corrected chi connectivity index (χ1v) is 10.6. The van der Waals surface area contributed by atoms with Gasteiger partial charge in [0.15, 0.2) is 0 Å². The van der Waals surface area contributed by atoms with E-state index in [1.54, 1.807) is 5.01 Å². The van der Waals surface area contributed by atoms with Crippen LogP contribution in [0.4, 0.5) is 0 Å². The summed E-state index contributed by atoms with van der Waals surface area (Å²) < 4.78 is 0. The van der Waals surface area contributed by atoms with Gasteiger partial charge in [-0.25, -0.2) is 10.0 Å². The second kappa shape index (κ2) is 5.15. The highest BCUT2D eigenvalue weighted by molar-refractivity contribution is 6.05. The predicted octanol–water partition coefficient (Wildman–Crippen LogP) is 4.04. The third-order valence-electron chi connectivity index (χ3n) is 8.50. The summed E-state index contributed by atoms with van der Waals surface area (Å²) in [7, 11) is 0. The number of aryl methyl sites for hydroxylation is 1. The van der Waals surface area contributed by atoms with Crippen molar-refractivity contribution in [3.63, 3.8) is 0 Å². The van der Waals surface area contributed by atoms with Crippen molar-refractivity contribution in [2.45, 2.75) is 65.5 Å². The molecule has 1 heterocycles. The maximum absolute atomic E-state index is 13.3. The van der Waals surface area contributed by atoms with Gasteiger partial charge in [-0.2, -0.15) is 0 Å². The Morgan fingerprint density at radius 2 is 1.63 bits per heavy atom. The summed E-state index contributed by atoms with van der Waals surface area (Å²) in [6, 6.07) is 7.97. The second-order valence-electron chi connectivity index (χ2n) is 9.45. The van der Waals surface area contributed by atoms with Crippen molar-refractivity contribution in [1.29, 1.82) is 0 Å². The maximum atomic E-state index is 13.3. The molecule has 1 saturated heterocycles. The number of carbonyl (C=O) groups excluding carboxylic acids is 2. The number of hydrogen-bond acceptors (Lipinski definition) is 2. The molecule has 0 radical (unpaired) electrons. The van der Waals surface area contributed by atoms with Gasteiger partial charge >= 0.3 is 0 Å². The molecule has 5 aliphatic rings. The first-order valence-electron chi connectivity index (χ1n) is 10.6. The van der Waals surface area contributed by atoms with Crippen LogP contribution in [0.15, 0.2) is 24.3 Å². The number of hydrazine groups is 1. The zero-order valence-electron chi connectivity index (χ0n) is 17.0. The van der Waals surface area contributed by atoms with Gasteiger partial charge in [0, 0.05) is 5.56 Å². The summed E-state index contributed by atoms with van der Waals surface area (Å²) in [4.78, 5) is 26.2. The van der Waals surface area contributed by atoms with E-state index >= 15 is 0 Å². The van der Waals surface area contributed by atoms with Gasteiger partial charge < -0.3 is 0 Å². The van der Waals surface area contributed by atoms with Crippen LogP contribution in [0.5, 0.6) is 0 Å². The lowest BCUT2D eigenvalue weighted by atomic mass is 9.17. The molecule has 4 unspecified atom stereocenters. The van der Waals surface area contributed by atoms with Crippen LogP contribution in [0.3, 0.4) is 0 Å². The zero-order valence-corrected chi connectivity index (χ0v) is 17.0. The molecule has 2 amide bonds. The van der Waals surface area contributed by atoms with Crippen molar-refractivity contribution < 1.29 is 9.59 Å². The summed E-state index contributed by atoms with van der Waals surface area (Å²) in [5.74, 6) is 3.28. The van der Waals surface area contributed by atoms with Gasteiger partial charge in [0.05, 0.1) is 6.04 Å². The Kier molecular flexibility index (Phi) is 3.29. The van der Waals surface area contributed by atoms with Gasteiger partial charge in [0.1, 0.15) is 5.54 Å². The van der Waals surface area contributed by atoms with E-state index in [1.165, 1.54) is 19.3 Å². The van der Waals surface area contributed by atoms with Gasteiger partial charge in [-0.05, 0) is 80.8 Å². The fourth-order valence-electron chi connectivity index (χ4n) is 7.32. The summed E-state index contributed by atoms with van der Waals surface area (Å²) in [5, 5.41) is 3.63. The molecule has 27 heavy (non-hydrogen) atoms. The summed E-state index contributed by atoms with van der Waals surface area (Å²) in [6.45, 7) is 9.73. The quantitative estimate of drug-likeness (QED) is 0.792. The largest absolute Gasteiger partial charge is 0.273 e. The molecule has 0 bridgehead atoms. The third kappa shape index (κ3) is 1.64. The highest BCUT2D eigenvalue weighted by atomic mass is 16.2. The van der Waals surface area contributed by atoms with Crippen molar-refractivity contribution in [1.82, 2.24) is 10.0 Å². The SMILES string of the molecule is CC.Cc1ccccc1C(=O)N1N(C2C3CC4CC5CC2C453)C(=O)C1(C)C. The Morgan fingerprint density at radius 1 is 1.04 bits per heavy atom. The molecule has 1 spiro atoms. The van der Waals surface area contributed by atoms with E-state index in [-0.39, 0.29) is 17.9 Å². The van der Waals surface area contributed by atoms with Crippen molar-refractivity contribution in [3.8, 4) is 0 Å². The average molecular weight is 367 g/mol. The number of benzene rings is 1. The molecule has 0 aromatic heterocycles. The summed E-state index contributed by atoms with van der Waals surface area (Å²) in [6.07, 6.45) is 3.97. The number of amides is 2. The Balaban J connectivity index is 0.000000777. The third-order valence-corrected chi connectivity index (χ3v) is 8.50. The minimum atomic E-state index is -0.728. The Bertz CT molecular complexity index is 823. The Hall–Kier alpha value is -1.84. The van der Waals surface area contributed by atoms with E-state index in [1.807, 2.05) is 63.9 Å². The Labute approximate surface area is 161 Å². The average Bonchev–Trinajstić information content (AvgIpc) is 2.59. The molecule has 144 valence electrons. The molecule has 1 aromatic rings. The normalized spacial score (nSPS) is 41.2. The van der Waals surface area contributed by atoms with Gasteiger partial charge in [0.25, 0.3) is 11.8 Å². The molecule has 4 saturated carbocycles. The number of rotatable bonds is 2. The summed E-state index contributed by atoms with van der Waals surface area (Å²) >= 11 is 0. The number of carbonyl (C=O) groups is 2. The second-order valence-corrected chi connectivity index (χ2v) is 9.45. The minimum absolute atomic E-state index is 0.0241. The van der Waals surface area contributed by atoms with E-state index in [0.717, 1.165) is 17.4 Å². The lowest BCUT2D eigenvalue weighted by molar-refractivity contribution is -0.421. The molecule has 4 atom stereocenters. The highest BCUT2D eigenvalue weighted by Gasteiger charge is 2.87. The smallest absolute Gasteiger partial charge is 0.270 e. The van der Waals surface area contributed by atoms with Gasteiger partial charge in [-0.3, -0.25) is 9.59 Å². The fourth-order valence-corrected chi connectivity index (χ4v) is 7.32. The molecule has 5 fully saturated rings. The van der Waals surface area contributed by atoms with Crippen LogP contribution in [0.25, 0.3) is 0 Å². The molecule has 1 aliphatic heterocycles. The zero-order chi connectivity index (χ0) is 19.3. The van der Waals surface area contributed by atoms with Crippen molar-refractivity contribution >= 4 is 11.8 Å². The van der Waals surface area contributed by atoms with Gasteiger partial charge in [0.2, 0.25) is 0 Å². The standard InChI is InChI=1S/C21H24N2O2.C2H6/c1-11-6-4-5-7-14(11)18(24)23-20(2,3)19(25)22(23)17-15-9-12-8-13-10-16(17)21(12,13)15;1-2/h4-7,12-13,15-17H,8-10H2,1-3H3;1-2H3. The molecular formula is C23H30N2O2. The predicted molar refractivity (Wildman–Crippen MR) is 104 cm³/mol. The van der Waals surface area contributed by atoms with Crippen molar-refractivity contribution in [2.75, 3.05) is 0 Å². The van der Waals surface area contributed by atoms with E-state index in [0.29, 0.717) is 22.8 Å². The molecule has 6 rings (SSSR count). The van der Waals surface area contributed by atoms with Crippen LogP contribution in [0.1, 0.15) is 62.9 Å². The maximum Gasteiger partial charge on any atom is 0.273 e. The highest BCUT2D eigenvalue weighted by Crippen LogP contribution is 2.88. The van der Waals surface area contributed by atoms with Crippen LogP contribution < -0.4 is 0 Å². The van der Waals surface area contributed by atoms with Crippen LogP contribution in [0, 0.1) is 36.0 Å².